The van der Waals surface area contributed by atoms with Gasteiger partial charge in [0.05, 0.1) is 12.6 Å². The van der Waals surface area contributed by atoms with Gasteiger partial charge in [-0.2, -0.15) is 0 Å². The number of nitrogens with one attached hydrogen (secondary N) is 5. The van der Waals surface area contributed by atoms with Crippen LogP contribution >= 0.6 is 0 Å². The third kappa shape index (κ3) is 13.2. The molecule has 0 aromatic heterocycles. The number of hydrogen-bond donors (Lipinski definition) is 7. The number of hydrogen-bond acceptors (Lipinski definition) is 8. The number of aliphatic hydroxyl groups is 1. The molecular formula is C42H58N6O8. The van der Waals surface area contributed by atoms with Gasteiger partial charge in [0.1, 0.15) is 23.7 Å². The van der Waals surface area contributed by atoms with E-state index in [1.807, 2.05) is 61.5 Å². The van der Waals surface area contributed by atoms with E-state index in [9.17, 15) is 33.9 Å². The highest BCUT2D eigenvalue weighted by Gasteiger charge is 2.36. The smallest absolute Gasteiger partial charge is 0.408 e. The van der Waals surface area contributed by atoms with Crippen molar-refractivity contribution in [2.45, 2.75) is 121 Å². The molecule has 8 N–H and O–H groups in total. The Morgan fingerprint density at radius 2 is 1.57 bits per heavy atom. The lowest BCUT2D eigenvalue weighted by atomic mass is 9.83. The minimum absolute atomic E-state index is 0.0700. The number of carbonyl (C=O) groups is 6. The third-order valence-electron chi connectivity index (χ3n) is 10.0. The van der Waals surface area contributed by atoms with E-state index in [-0.39, 0.29) is 24.7 Å². The molecule has 14 nitrogen and oxygen atoms in total. The number of benzene rings is 2. The standard InChI is InChI=1S/C42H58N6O8/c1-5-14-31(36(50)40(54)44-25-33(49)47-34(37(43)51)28-16-8-6-9-17-28)45-38(52)32(24-26-21-22-27-15-12-13-20-30(27)23-26)46-39(53)35(29-18-10-7-11-19-29)48-41(55)56-42(2,3)4/h6,8-9,12-13,15-16,20-23,28-29,31-32,34-36,50H,5,7,10-11,14,17-19,24-25H2,1-4H3,(H2,43,51)(H,44,54)(H,45,52)(H,46,53)(H,47,49)(H,48,55)/t28?,31?,32-,34-,35-,36?/m0/s1. The molecule has 2 aliphatic carbocycles. The Hall–Kier alpha value is -5.24. The summed E-state index contributed by atoms with van der Waals surface area (Å²) in [6.45, 7) is 6.47. The molecule has 0 radical (unpaired) electrons. The molecular weight excluding hydrogens is 716 g/mol. The summed E-state index contributed by atoms with van der Waals surface area (Å²) in [4.78, 5) is 79.3. The maximum Gasteiger partial charge on any atom is 0.408 e. The van der Waals surface area contributed by atoms with Gasteiger partial charge in [-0.25, -0.2) is 4.79 Å². The van der Waals surface area contributed by atoms with Gasteiger partial charge in [0.2, 0.25) is 23.6 Å². The molecule has 0 heterocycles. The van der Waals surface area contributed by atoms with Crippen LogP contribution in [0.4, 0.5) is 4.79 Å². The molecule has 6 atom stereocenters. The zero-order chi connectivity index (χ0) is 40.8. The molecule has 14 heteroatoms. The summed E-state index contributed by atoms with van der Waals surface area (Å²) in [6, 6.07) is 9.26. The van der Waals surface area contributed by atoms with Crippen molar-refractivity contribution in [1.29, 1.82) is 0 Å². The van der Waals surface area contributed by atoms with Gasteiger partial charge >= 0.3 is 6.09 Å². The number of nitrogens with two attached hydrogens (primary N) is 1. The molecule has 2 aliphatic rings. The Morgan fingerprint density at radius 3 is 2.21 bits per heavy atom. The van der Waals surface area contributed by atoms with E-state index in [0.717, 1.165) is 35.6 Å². The van der Waals surface area contributed by atoms with Crippen molar-refractivity contribution < 1.29 is 38.6 Å². The van der Waals surface area contributed by atoms with Crippen molar-refractivity contribution in [3.05, 3.63) is 72.3 Å². The topological polar surface area (TPSA) is 218 Å². The summed E-state index contributed by atoms with van der Waals surface area (Å²) in [5.41, 5.74) is 5.49. The predicted molar refractivity (Wildman–Crippen MR) is 213 cm³/mol. The highest BCUT2D eigenvalue weighted by atomic mass is 16.6. The van der Waals surface area contributed by atoms with Crippen LogP contribution in [0.25, 0.3) is 10.8 Å². The minimum atomic E-state index is -1.76. The van der Waals surface area contributed by atoms with Gasteiger partial charge in [-0.1, -0.05) is 99.4 Å². The van der Waals surface area contributed by atoms with E-state index >= 15 is 0 Å². The first-order valence-electron chi connectivity index (χ1n) is 19.6. The van der Waals surface area contributed by atoms with Crippen molar-refractivity contribution in [2.75, 3.05) is 6.54 Å². The number of amides is 6. The van der Waals surface area contributed by atoms with E-state index in [4.69, 9.17) is 10.5 Å². The van der Waals surface area contributed by atoms with E-state index in [2.05, 4.69) is 26.6 Å². The predicted octanol–water partition coefficient (Wildman–Crippen LogP) is 3.21. The quantitative estimate of drug-likeness (QED) is 0.126. The van der Waals surface area contributed by atoms with E-state index in [1.54, 1.807) is 32.9 Å². The zero-order valence-corrected chi connectivity index (χ0v) is 32.8. The number of carbonyl (C=O) groups excluding carboxylic acids is 6. The monoisotopic (exact) mass is 774 g/mol. The van der Waals surface area contributed by atoms with Crippen LogP contribution in [-0.4, -0.2) is 83.2 Å². The Morgan fingerprint density at radius 1 is 0.857 bits per heavy atom. The second kappa shape index (κ2) is 20.6. The summed E-state index contributed by atoms with van der Waals surface area (Å²) in [6.07, 6.45) is 10.2. The Bertz CT molecular complexity index is 1760. The number of rotatable bonds is 17. The molecule has 0 bridgehead atoms. The number of aliphatic hydroxyl groups excluding tert-OH is 1. The van der Waals surface area contributed by atoms with Gasteiger partial charge in [-0.05, 0) is 68.7 Å². The highest BCUT2D eigenvalue weighted by molar-refractivity contribution is 5.93. The maximum absolute atomic E-state index is 14.2. The third-order valence-corrected chi connectivity index (χ3v) is 10.0. The van der Waals surface area contributed by atoms with E-state index in [0.29, 0.717) is 25.7 Å². The molecule has 2 aromatic rings. The molecule has 6 amide bonds. The molecule has 3 unspecified atom stereocenters. The lowest BCUT2D eigenvalue weighted by Gasteiger charge is -2.32. The Labute approximate surface area is 328 Å². The summed E-state index contributed by atoms with van der Waals surface area (Å²) >= 11 is 0. The Kier molecular flexibility index (Phi) is 16.0. The number of alkyl carbamates (subject to hydrolysis) is 1. The van der Waals surface area contributed by atoms with Gasteiger partial charge in [0, 0.05) is 12.3 Å². The minimum Gasteiger partial charge on any atom is -0.444 e. The fourth-order valence-electron chi connectivity index (χ4n) is 7.19. The molecule has 1 saturated carbocycles. The summed E-state index contributed by atoms with van der Waals surface area (Å²) < 4.78 is 5.49. The lowest BCUT2D eigenvalue weighted by Crippen LogP contribution is -2.59. The highest BCUT2D eigenvalue weighted by Crippen LogP contribution is 2.27. The van der Waals surface area contributed by atoms with Crippen molar-refractivity contribution >= 4 is 46.4 Å². The van der Waals surface area contributed by atoms with Gasteiger partial charge in [-0.3, -0.25) is 24.0 Å². The molecule has 0 aliphatic heterocycles. The van der Waals surface area contributed by atoms with Crippen LogP contribution in [0.1, 0.15) is 84.6 Å². The maximum atomic E-state index is 14.2. The molecule has 56 heavy (non-hydrogen) atoms. The fraction of sp³-hybridized carbons (Fsp3) is 0.524. The van der Waals surface area contributed by atoms with E-state index < -0.39 is 78.0 Å². The molecule has 4 rings (SSSR count). The van der Waals surface area contributed by atoms with Gasteiger partial charge < -0.3 is 42.2 Å². The summed E-state index contributed by atoms with van der Waals surface area (Å²) in [5.74, 6) is -4.03. The second-order valence-corrected chi connectivity index (χ2v) is 15.7. The van der Waals surface area contributed by atoms with Crippen LogP contribution in [0.3, 0.4) is 0 Å². The lowest BCUT2D eigenvalue weighted by molar-refractivity contribution is -0.136. The molecule has 2 aromatic carbocycles. The van der Waals surface area contributed by atoms with Crippen molar-refractivity contribution in [1.82, 2.24) is 26.6 Å². The van der Waals surface area contributed by atoms with Gasteiger partial charge in [0.25, 0.3) is 5.91 Å². The van der Waals surface area contributed by atoms with Crippen molar-refractivity contribution in [3.8, 4) is 0 Å². The number of primary amides is 1. The number of ether oxygens (including phenoxy) is 1. The van der Waals surface area contributed by atoms with Crippen LogP contribution in [0, 0.1) is 11.8 Å². The van der Waals surface area contributed by atoms with Crippen molar-refractivity contribution in [2.24, 2.45) is 17.6 Å². The van der Waals surface area contributed by atoms with Gasteiger partial charge in [-0.15, -0.1) is 0 Å². The summed E-state index contributed by atoms with van der Waals surface area (Å²) in [5, 5.41) is 26.5. The van der Waals surface area contributed by atoms with Crippen LogP contribution in [0.2, 0.25) is 0 Å². The zero-order valence-electron chi connectivity index (χ0n) is 32.8. The Balaban J connectivity index is 1.50. The largest absolute Gasteiger partial charge is 0.444 e. The van der Waals surface area contributed by atoms with Crippen LogP contribution in [0.15, 0.2) is 66.8 Å². The fourth-order valence-corrected chi connectivity index (χ4v) is 7.19. The van der Waals surface area contributed by atoms with Crippen LogP contribution < -0.4 is 32.3 Å². The molecule has 1 fully saturated rings. The molecule has 0 spiro atoms. The van der Waals surface area contributed by atoms with E-state index in [1.165, 1.54) is 0 Å². The summed E-state index contributed by atoms with van der Waals surface area (Å²) in [7, 11) is 0. The molecule has 304 valence electrons. The first-order chi connectivity index (χ1) is 26.6. The van der Waals surface area contributed by atoms with Gasteiger partial charge in [0.15, 0.2) is 6.10 Å². The van der Waals surface area contributed by atoms with Crippen LogP contribution in [-0.2, 0) is 35.1 Å². The van der Waals surface area contributed by atoms with Crippen LogP contribution in [0.5, 0.6) is 0 Å². The SMILES string of the molecule is CCCC(NC(=O)[C@H](Cc1ccc2ccccc2c1)NC(=O)[C@@H](NC(=O)OC(C)(C)C)C1CCCCC1)C(O)C(=O)NCC(=O)N[C@H](C(N)=O)C1C=CC=CC1. The average Bonchev–Trinajstić information content (AvgIpc) is 3.17. The first kappa shape index (κ1) is 43.5. The normalized spacial score (nSPS) is 18.4. The number of allylic oxidation sites excluding steroid dienone is 3. The first-order valence-corrected chi connectivity index (χ1v) is 19.6. The average molecular weight is 775 g/mol. The second-order valence-electron chi connectivity index (χ2n) is 15.7. The molecule has 0 saturated heterocycles. The van der Waals surface area contributed by atoms with Crippen molar-refractivity contribution in [3.63, 3.8) is 0 Å². The number of fused-ring (bicyclic) bond motifs is 1.